The minimum absolute atomic E-state index is 0.102. The zero-order valence-electron chi connectivity index (χ0n) is 57.6. The third-order valence-electron chi connectivity index (χ3n) is 16.1. The molecule has 0 aromatic heterocycles. The highest BCUT2D eigenvalue weighted by atomic mass is 16.8. The Kier molecular flexibility index (Phi) is 24.0. The second-order valence-electron chi connectivity index (χ2n) is 24.0. The molecule has 4 aliphatic rings. The number of benzene rings is 5. The standard InChI is InChI=1S/C72H71NO30/c1-31-23-47-55(64(98-38(8)79)53(31)69(86)73-49(70(87)90-29-43-21-17-14-18-22-43)27-52(83)89-28-42-19-15-13-16-20-42)56-48(26-46-57(65(56)99-39(9)80)59(85)45-24-44(88-12)25-50(93-33(3)74)54(45)58(46)84)61(96-36(6)77)62(47)102-72-68(101-41(11)82)66(60(32(2)92-72)95-35(5)76)103-71-67(100-40(10)81)63(97-37(7)78)51(30-91-71)94-34(4)75/h13-26,32,49,51,60-63,66-68,71-72H,27-30H2,1-12H3,(H,73,86)/t32-,49-,51-,60+,61+,62+,63+,66+,67-,68-,71+,72+/m1/s1. The van der Waals surface area contributed by atoms with Crippen molar-refractivity contribution in [3.8, 4) is 34.1 Å². The van der Waals surface area contributed by atoms with Crippen LogP contribution in [0.25, 0.3) is 11.1 Å². The average Bonchev–Trinajstić information content (AvgIpc) is 0.698. The summed E-state index contributed by atoms with van der Waals surface area (Å²) in [6, 6.07) is 19.5. The molecule has 2 aliphatic heterocycles. The van der Waals surface area contributed by atoms with E-state index < -0.39 is 231 Å². The number of aryl methyl sites for hydroxylation is 1. The maximum atomic E-state index is 15.6. The van der Waals surface area contributed by atoms with Gasteiger partial charge in [0.1, 0.15) is 43.0 Å². The summed E-state index contributed by atoms with van der Waals surface area (Å²) in [4.78, 5) is 194. The van der Waals surface area contributed by atoms with Gasteiger partial charge in [0.15, 0.2) is 72.3 Å². The molecule has 544 valence electrons. The number of hydrogen-bond acceptors (Lipinski definition) is 30. The fraction of sp³-hybridized carbons (Fsp3) is 0.389. The quantitative estimate of drug-likeness (QED) is 0.0435. The van der Waals surface area contributed by atoms with Gasteiger partial charge >= 0.3 is 65.7 Å². The number of fused-ring (bicyclic) bond motifs is 5. The number of nitrogens with one attached hydrogen (secondary N) is 1. The number of rotatable bonds is 23. The Hall–Kier alpha value is -11.3. The molecule has 5 aromatic rings. The molecular weight excluding hydrogens is 1360 g/mol. The number of carbonyl (C=O) groups is 14. The molecule has 1 amide bonds. The van der Waals surface area contributed by atoms with Gasteiger partial charge in [-0.1, -0.05) is 66.7 Å². The van der Waals surface area contributed by atoms with E-state index in [4.69, 9.17) is 75.8 Å². The summed E-state index contributed by atoms with van der Waals surface area (Å²) in [5, 5.41) is 2.53. The average molecular weight is 1430 g/mol. The van der Waals surface area contributed by atoms with E-state index in [1.165, 1.54) is 27.0 Å². The molecule has 0 radical (unpaired) electrons. The van der Waals surface area contributed by atoms with E-state index in [2.05, 4.69) is 5.32 Å². The van der Waals surface area contributed by atoms with Crippen molar-refractivity contribution in [3.63, 3.8) is 0 Å². The van der Waals surface area contributed by atoms with Gasteiger partial charge in [-0.15, -0.1) is 0 Å². The van der Waals surface area contributed by atoms with E-state index in [1.807, 2.05) is 0 Å². The van der Waals surface area contributed by atoms with Crippen LogP contribution in [0, 0.1) is 6.92 Å². The van der Waals surface area contributed by atoms with E-state index in [0.717, 1.165) is 80.5 Å². The van der Waals surface area contributed by atoms with Crippen molar-refractivity contribution >= 4 is 83.1 Å². The zero-order valence-corrected chi connectivity index (χ0v) is 57.6. The molecule has 2 saturated heterocycles. The van der Waals surface area contributed by atoms with Crippen LogP contribution >= 0.6 is 0 Å². The lowest BCUT2D eigenvalue weighted by molar-refractivity contribution is -0.355. The molecule has 5 aromatic carbocycles. The lowest BCUT2D eigenvalue weighted by Gasteiger charge is -2.48. The predicted molar refractivity (Wildman–Crippen MR) is 344 cm³/mol. The van der Waals surface area contributed by atoms with Gasteiger partial charge in [-0.25, -0.2) is 4.79 Å². The molecule has 2 heterocycles. The molecule has 1 N–H and O–H groups in total. The molecule has 103 heavy (non-hydrogen) atoms. The lowest BCUT2D eigenvalue weighted by Crippen LogP contribution is -2.65. The molecule has 0 saturated carbocycles. The Morgan fingerprint density at radius 1 is 0.505 bits per heavy atom. The molecule has 12 atom stereocenters. The second kappa shape index (κ2) is 32.6. The topological polar surface area (TPSA) is 399 Å². The van der Waals surface area contributed by atoms with Crippen molar-refractivity contribution in [3.05, 3.63) is 141 Å². The molecule has 9 rings (SSSR count). The van der Waals surface area contributed by atoms with Gasteiger partial charge in [0.25, 0.3) is 5.91 Å². The van der Waals surface area contributed by atoms with Crippen molar-refractivity contribution in [2.45, 2.75) is 169 Å². The normalized spacial score (nSPS) is 21.7. The van der Waals surface area contributed by atoms with Crippen molar-refractivity contribution < 1.29 is 143 Å². The number of amides is 1. The minimum atomic E-state index is -2.12. The molecule has 2 aliphatic carbocycles. The van der Waals surface area contributed by atoms with Crippen LogP contribution in [0.2, 0.25) is 0 Å². The Morgan fingerprint density at radius 2 is 1.01 bits per heavy atom. The van der Waals surface area contributed by atoms with Crippen molar-refractivity contribution in [2.24, 2.45) is 0 Å². The Bertz CT molecular complexity index is 4240. The third kappa shape index (κ3) is 17.5. The van der Waals surface area contributed by atoms with Crippen LogP contribution in [0.4, 0.5) is 0 Å². The van der Waals surface area contributed by atoms with Crippen LogP contribution in [-0.4, -0.2) is 158 Å². The summed E-state index contributed by atoms with van der Waals surface area (Å²) in [5.74, 6) is -17.0. The van der Waals surface area contributed by atoms with E-state index in [9.17, 15) is 52.7 Å². The first-order valence-electron chi connectivity index (χ1n) is 31.9. The van der Waals surface area contributed by atoms with Crippen LogP contribution < -0.4 is 24.3 Å². The van der Waals surface area contributed by atoms with Crippen LogP contribution in [-0.2, 0) is 123 Å². The molecule has 0 unspecified atom stereocenters. The van der Waals surface area contributed by atoms with Crippen LogP contribution in [0.15, 0.2) is 84.9 Å². The number of carbonyl (C=O) groups excluding carboxylic acids is 14. The van der Waals surface area contributed by atoms with Crippen molar-refractivity contribution in [1.29, 1.82) is 0 Å². The Balaban J connectivity index is 1.29. The van der Waals surface area contributed by atoms with Gasteiger partial charge in [0, 0.05) is 96.2 Å². The molecule has 31 heteroatoms. The van der Waals surface area contributed by atoms with Gasteiger partial charge < -0.3 is 81.1 Å². The van der Waals surface area contributed by atoms with Crippen molar-refractivity contribution in [1.82, 2.24) is 5.32 Å². The molecule has 0 spiro atoms. The lowest BCUT2D eigenvalue weighted by atomic mass is 9.73. The van der Waals surface area contributed by atoms with E-state index in [-0.39, 0.29) is 30.1 Å². The second-order valence-corrected chi connectivity index (χ2v) is 24.0. The monoisotopic (exact) mass is 1430 g/mol. The fourth-order valence-electron chi connectivity index (χ4n) is 12.3. The Labute approximate surface area is 587 Å². The molecule has 2 fully saturated rings. The van der Waals surface area contributed by atoms with Gasteiger partial charge in [-0.05, 0) is 48.2 Å². The van der Waals surface area contributed by atoms with Gasteiger partial charge in [0.05, 0.1) is 42.9 Å². The highest BCUT2D eigenvalue weighted by molar-refractivity contribution is 6.31. The zero-order chi connectivity index (χ0) is 75.0. The number of ether oxygens (including phenoxy) is 16. The minimum Gasteiger partial charge on any atom is -0.497 e. The summed E-state index contributed by atoms with van der Waals surface area (Å²) in [6.07, 6.45) is -21.0. The van der Waals surface area contributed by atoms with Crippen LogP contribution in [0.3, 0.4) is 0 Å². The predicted octanol–water partition coefficient (Wildman–Crippen LogP) is 6.02. The largest absolute Gasteiger partial charge is 0.497 e. The molecular formula is C72H71NO30. The number of hydrogen-bond donors (Lipinski definition) is 1. The van der Waals surface area contributed by atoms with E-state index in [1.54, 1.807) is 60.7 Å². The van der Waals surface area contributed by atoms with Gasteiger partial charge in [-0.2, -0.15) is 0 Å². The SMILES string of the molecule is COc1cc(OC(C)=O)c2c(c1)C(=O)c1c(cc3c(c1OC(C)=O)-c1c(cc(C)c(C(=O)N[C@H](CC(=O)OCc4ccccc4)C(=O)OCc4ccccc4)c1OC(C)=O)[C@H](O[C@@H]1O[C@H](C)[C@H](OC(C)=O)[C@H](O[C@@H]4OC[C@@H](OC(C)=O)[C@H](OC(C)=O)[C@H]4OC(C)=O)[C@H]1OC(C)=O)[C@H]3OC(C)=O)C2=O. The highest BCUT2D eigenvalue weighted by Crippen LogP contribution is 2.59. The maximum absolute atomic E-state index is 15.6. The molecule has 31 nitrogen and oxygen atoms in total. The number of methoxy groups -OCH3 is 1. The Morgan fingerprint density at radius 3 is 1.57 bits per heavy atom. The van der Waals surface area contributed by atoms with E-state index >= 15 is 14.4 Å². The third-order valence-corrected chi connectivity index (χ3v) is 16.1. The summed E-state index contributed by atoms with van der Waals surface area (Å²) in [7, 11) is 1.21. The first-order chi connectivity index (χ1) is 48.8. The van der Waals surface area contributed by atoms with Gasteiger partial charge in [-0.3, -0.25) is 62.3 Å². The van der Waals surface area contributed by atoms with E-state index in [0.29, 0.717) is 11.1 Å². The van der Waals surface area contributed by atoms with Crippen LogP contribution in [0.5, 0.6) is 23.0 Å². The number of esters is 11. The highest BCUT2D eigenvalue weighted by Gasteiger charge is 2.57. The number of ketones is 2. The van der Waals surface area contributed by atoms with Crippen molar-refractivity contribution in [2.75, 3.05) is 13.7 Å². The summed E-state index contributed by atoms with van der Waals surface area (Å²) in [6.45, 7) is 10.2. The van der Waals surface area contributed by atoms with Gasteiger partial charge in [0.2, 0.25) is 0 Å². The fourth-order valence-corrected chi connectivity index (χ4v) is 12.3. The first-order valence-corrected chi connectivity index (χ1v) is 31.9. The smallest absolute Gasteiger partial charge is 0.329 e. The summed E-state index contributed by atoms with van der Waals surface area (Å²) in [5.41, 5.74) is -3.79. The first kappa shape index (κ1) is 75.9. The summed E-state index contributed by atoms with van der Waals surface area (Å²) >= 11 is 0. The molecule has 0 bridgehead atoms. The summed E-state index contributed by atoms with van der Waals surface area (Å²) < 4.78 is 94.9. The maximum Gasteiger partial charge on any atom is 0.329 e. The van der Waals surface area contributed by atoms with Crippen LogP contribution in [0.1, 0.15) is 158 Å².